The van der Waals surface area contributed by atoms with Crippen LogP contribution in [0.2, 0.25) is 0 Å². The first-order chi connectivity index (χ1) is 15.0. The van der Waals surface area contributed by atoms with E-state index in [0.717, 1.165) is 28.6 Å². The quantitative estimate of drug-likeness (QED) is 0.633. The van der Waals surface area contributed by atoms with Crippen molar-refractivity contribution in [3.63, 3.8) is 0 Å². The Bertz CT molecular complexity index is 1040. The summed E-state index contributed by atoms with van der Waals surface area (Å²) in [5.74, 6) is 1.45. The molecule has 1 amide bonds. The average molecular weight is 420 g/mol. The van der Waals surface area contributed by atoms with Gasteiger partial charge in [0.1, 0.15) is 17.5 Å². The second-order valence-corrected chi connectivity index (χ2v) is 7.97. The van der Waals surface area contributed by atoms with Gasteiger partial charge in [0, 0.05) is 57.5 Å². The Morgan fingerprint density at radius 1 is 1.19 bits per heavy atom. The molecule has 31 heavy (non-hydrogen) atoms. The first-order valence-corrected chi connectivity index (χ1v) is 10.4. The molecule has 1 aliphatic rings. The fraction of sp³-hybridized carbons (Fsp3) is 0.348. The normalized spacial score (nSPS) is 14.7. The first-order valence-electron chi connectivity index (χ1n) is 10.4. The molecule has 0 aliphatic carbocycles. The summed E-state index contributed by atoms with van der Waals surface area (Å²) in [7, 11) is 0. The summed E-state index contributed by atoms with van der Waals surface area (Å²) >= 11 is 0. The fourth-order valence-electron chi connectivity index (χ4n) is 3.71. The van der Waals surface area contributed by atoms with Gasteiger partial charge in [-0.05, 0) is 23.6 Å². The lowest BCUT2D eigenvalue weighted by Gasteiger charge is -2.40. The van der Waals surface area contributed by atoms with Crippen LogP contribution in [0.5, 0.6) is 0 Å². The number of rotatable bonds is 7. The van der Waals surface area contributed by atoms with Crippen molar-refractivity contribution in [3.8, 4) is 0 Å². The number of nitrogens with zero attached hydrogens (tertiary/aromatic N) is 5. The van der Waals surface area contributed by atoms with Crippen molar-refractivity contribution in [1.82, 2.24) is 25.3 Å². The van der Waals surface area contributed by atoms with Crippen LogP contribution in [0.15, 0.2) is 48.9 Å². The zero-order valence-electron chi connectivity index (χ0n) is 17.6. The van der Waals surface area contributed by atoms with E-state index in [9.17, 15) is 9.18 Å². The van der Waals surface area contributed by atoms with Gasteiger partial charge in [-0.3, -0.25) is 14.8 Å². The van der Waals surface area contributed by atoms with Crippen molar-refractivity contribution in [2.75, 3.05) is 18.0 Å². The van der Waals surface area contributed by atoms with Gasteiger partial charge in [-0.15, -0.1) is 0 Å². The van der Waals surface area contributed by atoms with Crippen molar-refractivity contribution in [2.24, 2.45) is 0 Å². The highest BCUT2D eigenvalue weighted by Gasteiger charge is 2.29. The van der Waals surface area contributed by atoms with Crippen molar-refractivity contribution in [1.29, 1.82) is 0 Å². The minimum atomic E-state index is -0.244. The van der Waals surface area contributed by atoms with Crippen molar-refractivity contribution in [2.45, 2.75) is 38.6 Å². The van der Waals surface area contributed by atoms with Crippen LogP contribution in [-0.4, -0.2) is 45.0 Å². The Morgan fingerprint density at radius 2 is 1.97 bits per heavy atom. The number of nitrogens with one attached hydrogen (secondary N) is 1. The van der Waals surface area contributed by atoms with Gasteiger partial charge in [0.15, 0.2) is 0 Å². The molecule has 1 atom stereocenters. The number of amides is 1. The number of anilines is 1. The highest BCUT2D eigenvalue weighted by Crippen LogP contribution is 2.24. The molecule has 2 aromatic heterocycles. The van der Waals surface area contributed by atoms with Crippen LogP contribution in [-0.2, 0) is 17.6 Å². The van der Waals surface area contributed by atoms with Gasteiger partial charge in [-0.25, -0.2) is 14.4 Å². The standard InChI is InChI=1S/C23H25FN6O/c1-15(17-3-5-18(24)6-4-17)9-22-28-19(10-20-12-25-7-8-26-20)11-23(29-22)30-13-21(14-30)27-16(2)31/h3-8,11-12,15,21H,9-10,13-14H2,1-2H3,(H,27,31)/t15-/m1/s1. The van der Waals surface area contributed by atoms with Crippen LogP contribution in [0.1, 0.15) is 42.5 Å². The molecule has 3 aromatic rings. The van der Waals surface area contributed by atoms with E-state index in [1.165, 1.54) is 19.1 Å². The van der Waals surface area contributed by atoms with Crippen LogP contribution in [0.25, 0.3) is 0 Å². The zero-order chi connectivity index (χ0) is 21.8. The predicted molar refractivity (Wildman–Crippen MR) is 115 cm³/mol. The molecule has 3 heterocycles. The van der Waals surface area contributed by atoms with Crippen molar-refractivity contribution >= 4 is 11.7 Å². The number of hydrogen-bond donors (Lipinski definition) is 1. The average Bonchev–Trinajstić information content (AvgIpc) is 2.71. The molecule has 0 saturated carbocycles. The zero-order valence-corrected chi connectivity index (χ0v) is 17.6. The van der Waals surface area contributed by atoms with Crippen LogP contribution in [0, 0.1) is 5.82 Å². The summed E-state index contributed by atoms with van der Waals surface area (Å²) in [6.07, 6.45) is 6.24. The fourth-order valence-corrected chi connectivity index (χ4v) is 3.71. The maximum absolute atomic E-state index is 13.3. The number of carbonyl (C=O) groups is 1. The number of carbonyl (C=O) groups excluding carboxylic acids is 1. The molecular formula is C23H25FN6O. The number of benzene rings is 1. The minimum absolute atomic E-state index is 0.0236. The highest BCUT2D eigenvalue weighted by atomic mass is 19.1. The van der Waals surface area contributed by atoms with E-state index in [2.05, 4.69) is 27.1 Å². The van der Waals surface area contributed by atoms with Crippen LogP contribution in [0.4, 0.5) is 10.2 Å². The summed E-state index contributed by atoms with van der Waals surface area (Å²) in [6, 6.07) is 8.67. The maximum atomic E-state index is 13.3. The molecular weight excluding hydrogens is 395 g/mol. The van der Waals surface area contributed by atoms with E-state index < -0.39 is 0 Å². The molecule has 0 bridgehead atoms. The maximum Gasteiger partial charge on any atom is 0.217 e. The predicted octanol–water partition coefficient (Wildman–Crippen LogP) is 2.67. The Balaban J connectivity index is 1.55. The summed E-state index contributed by atoms with van der Waals surface area (Å²) < 4.78 is 13.3. The molecule has 4 rings (SSSR count). The Hall–Kier alpha value is -3.42. The van der Waals surface area contributed by atoms with E-state index in [1.807, 2.05) is 6.07 Å². The Kier molecular flexibility index (Phi) is 6.16. The van der Waals surface area contributed by atoms with E-state index in [1.54, 1.807) is 30.7 Å². The van der Waals surface area contributed by atoms with Crippen LogP contribution in [0.3, 0.4) is 0 Å². The lowest BCUT2D eigenvalue weighted by Crippen LogP contribution is -2.59. The summed E-state index contributed by atoms with van der Waals surface area (Å²) in [4.78, 5) is 31.5. The molecule has 0 radical (unpaired) electrons. The number of hydrogen-bond acceptors (Lipinski definition) is 6. The summed E-state index contributed by atoms with van der Waals surface area (Å²) in [5, 5.41) is 2.93. The third-order valence-electron chi connectivity index (χ3n) is 5.33. The first kappa shape index (κ1) is 20.8. The molecule has 1 aromatic carbocycles. The third-order valence-corrected chi connectivity index (χ3v) is 5.33. The molecule has 8 heteroatoms. The Morgan fingerprint density at radius 3 is 2.65 bits per heavy atom. The molecule has 0 unspecified atom stereocenters. The topological polar surface area (TPSA) is 83.9 Å². The minimum Gasteiger partial charge on any atom is -0.352 e. The van der Waals surface area contributed by atoms with Crippen LogP contribution >= 0.6 is 0 Å². The van der Waals surface area contributed by atoms with Gasteiger partial charge in [0.2, 0.25) is 5.91 Å². The van der Waals surface area contributed by atoms with E-state index in [-0.39, 0.29) is 23.7 Å². The van der Waals surface area contributed by atoms with Crippen molar-refractivity contribution in [3.05, 3.63) is 77.5 Å². The largest absolute Gasteiger partial charge is 0.352 e. The smallest absolute Gasteiger partial charge is 0.217 e. The van der Waals surface area contributed by atoms with Gasteiger partial charge in [-0.1, -0.05) is 19.1 Å². The molecule has 0 spiro atoms. The second kappa shape index (κ2) is 9.16. The van der Waals surface area contributed by atoms with E-state index in [4.69, 9.17) is 9.97 Å². The van der Waals surface area contributed by atoms with E-state index >= 15 is 0 Å². The number of aromatic nitrogens is 4. The van der Waals surface area contributed by atoms with E-state index in [0.29, 0.717) is 25.9 Å². The summed E-state index contributed by atoms with van der Waals surface area (Å²) in [5.41, 5.74) is 2.75. The Labute approximate surface area is 180 Å². The third kappa shape index (κ3) is 5.39. The molecule has 1 aliphatic heterocycles. The van der Waals surface area contributed by atoms with Gasteiger partial charge in [0.05, 0.1) is 17.4 Å². The molecule has 1 N–H and O–H groups in total. The van der Waals surface area contributed by atoms with Gasteiger partial charge < -0.3 is 10.2 Å². The highest BCUT2D eigenvalue weighted by molar-refractivity contribution is 5.73. The van der Waals surface area contributed by atoms with Gasteiger partial charge in [-0.2, -0.15) is 0 Å². The van der Waals surface area contributed by atoms with Crippen molar-refractivity contribution < 1.29 is 9.18 Å². The number of halogens is 1. The van der Waals surface area contributed by atoms with Crippen LogP contribution < -0.4 is 10.2 Å². The van der Waals surface area contributed by atoms with Gasteiger partial charge in [0.25, 0.3) is 0 Å². The SMILES string of the molecule is CC(=O)NC1CN(c2cc(Cc3cnccn3)nc(C[C@@H](C)c3ccc(F)cc3)n2)C1. The lowest BCUT2D eigenvalue weighted by atomic mass is 9.97. The summed E-state index contributed by atoms with van der Waals surface area (Å²) in [6.45, 7) is 5.05. The lowest BCUT2D eigenvalue weighted by molar-refractivity contribution is -0.119. The molecule has 7 nitrogen and oxygen atoms in total. The molecule has 1 fully saturated rings. The van der Waals surface area contributed by atoms with Gasteiger partial charge >= 0.3 is 0 Å². The molecule has 160 valence electrons. The second-order valence-electron chi connectivity index (χ2n) is 7.97. The molecule has 1 saturated heterocycles. The monoisotopic (exact) mass is 420 g/mol.